The molecule has 7 nitrogen and oxygen atoms in total. The van der Waals surface area contributed by atoms with Crippen LogP contribution in [-0.4, -0.2) is 47.4 Å². The van der Waals surface area contributed by atoms with Gasteiger partial charge in [0.05, 0.1) is 16.9 Å². The number of carbonyl (C=O) groups excluding carboxylic acids is 3. The van der Waals surface area contributed by atoms with Crippen LogP contribution in [-0.2, 0) is 14.3 Å². The second kappa shape index (κ2) is 9.40. The van der Waals surface area contributed by atoms with Crippen molar-refractivity contribution in [1.29, 1.82) is 5.26 Å². The van der Waals surface area contributed by atoms with Crippen LogP contribution in [0.3, 0.4) is 0 Å². The number of hydrogen-bond acceptors (Lipinski definition) is 6. The lowest BCUT2D eigenvalue weighted by molar-refractivity contribution is -0.160. The Bertz CT molecular complexity index is 772. The molecule has 156 valence electrons. The molecule has 29 heavy (non-hydrogen) atoms. The first-order chi connectivity index (χ1) is 13.9. The van der Waals surface area contributed by atoms with Crippen LogP contribution in [0.2, 0.25) is 0 Å². The van der Waals surface area contributed by atoms with E-state index in [1.54, 1.807) is 11.0 Å². The summed E-state index contributed by atoms with van der Waals surface area (Å²) in [6.07, 6.45) is 4.24. The SMILES string of the molecule is C[C@@H](OC(=O)C1CCN(C(=O)c2cccs2)CC1)C(=O)NC1(C#N)CCCCC1. The van der Waals surface area contributed by atoms with Crippen molar-refractivity contribution in [2.24, 2.45) is 5.92 Å². The highest BCUT2D eigenvalue weighted by Gasteiger charge is 2.36. The summed E-state index contributed by atoms with van der Waals surface area (Å²) < 4.78 is 5.39. The molecule has 0 bridgehead atoms. The molecule has 1 aliphatic carbocycles. The number of piperidine rings is 1. The summed E-state index contributed by atoms with van der Waals surface area (Å²) in [5.41, 5.74) is -0.844. The molecule has 0 spiro atoms. The number of likely N-dealkylation sites (tertiary alicyclic amines) is 1. The molecule has 2 aliphatic rings. The van der Waals surface area contributed by atoms with Gasteiger partial charge in [-0.1, -0.05) is 25.3 Å². The molecule has 2 amide bonds. The van der Waals surface area contributed by atoms with Gasteiger partial charge in [0.25, 0.3) is 11.8 Å². The van der Waals surface area contributed by atoms with Crippen LogP contribution in [0.15, 0.2) is 17.5 Å². The highest BCUT2D eigenvalue weighted by molar-refractivity contribution is 7.12. The zero-order chi connectivity index (χ0) is 20.9. The maximum Gasteiger partial charge on any atom is 0.309 e. The van der Waals surface area contributed by atoms with Crippen LogP contribution in [0.4, 0.5) is 0 Å². The summed E-state index contributed by atoms with van der Waals surface area (Å²) in [6.45, 7) is 2.53. The summed E-state index contributed by atoms with van der Waals surface area (Å²) in [6, 6.07) is 5.88. The Morgan fingerprint density at radius 2 is 1.97 bits per heavy atom. The van der Waals surface area contributed by atoms with Gasteiger partial charge in [-0.15, -0.1) is 11.3 Å². The van der Waals surface area contributed by atoms with Crippen molar-refractivity contribution in [3.05, 3.63) is 22.4 Å². The van der Waals surface area contributed by atoms with Crippen molar-refractivity contribution in [1.82, 2.24) is 10.2 Å². The number of thiophene rings is 1. The number of nitrogens with zero attached hydrogens (tertiary/aromatic N) is 2. The van der Waals surface area contributed by atoms with E-state index in [9.17, 15) is 19.6 Å². The molecule has 1 aromatic rings. The molecule has 0 aromatic carbocycles. The Morgan fingerprint density at radius 3 is 2.55 bits per heavy atom. The molecule has 1 N–H and O–H groups in total. The molecule has 2 fully saturated rings. The van der Waals surface area contributed by atoms with E-state index in [2.05, 4.69) is 11.4 Å². The molecule has 3 rings (SSSR count). The fourth-order valence-corrected chi connectivity index (χ4v) is 4.65. The smallest absolute Gasteiger partial charge is 0.309 e. The van der Waals surface area contributed by atoms with Crippen molar-refractivity contribution in [3.8, 4) is 6.07 Å². The highest BCUT2D eigenvalue weighted by Crippen LogP contribution is 2.28. The fourth-order valence-electron chi connectivity index (χ4n) is 3.96. The molecule has 0 radical (unpaired) electrons. The van der Waals surface area contributed by atoms with E-state index in [4.69, 9.17) is 4.74 Å². The Labute approximate surface area is 175 Å². The number of ether oxygens (including phenoxy) is 1. The van der Waals surface area contributed by atoms with Gasteiger partial charge in [-0.05, 0) is 44.1 Å². The van der Waals surface area contributed by atoms with Crippen LogP contribution < -0.4 is 5.32 Å². The average molecular weight is 418 g/mol. The van der Waals surface area contributed by atoms with Gasteiger partial charge >= 0.3 is 5.97 Å². The second-order valence-corrected chi connectivity index (χ2v) is 8.81. The number of nitrogens with one attached hydrogen (secondary N) is 1. The summed E-state index contributed by atoms with van der Waals surface area (Å²) in [5.74, 6) is -1.16. The minimum atomic E-state index is -0.944. The van der Waals surface area contributed by atoms with Crippen molar-refractivity contribution < 1.29 is 19.1 Å². The van der Waals surface area contributed by atoms with Crippen LogP contribution in [0.1, 0.15) is 61.5 Å². The van der Waals surface area contributed by atoms with Gasteiger partial charge in [0.1, 0.15) is 5.54 Å². The van der Waals surface area contributed by atoms with Gasteiger partial charge in [0, 0.05) is 13.1 Å². The van der Waals surface area contributed by atoms with Crippen LogP contribution >= 0.6 is 11.3 Å². The first-order valence-electron chi connectivity index (χ1n) is 10.2. The van der Waals surface area contributed by atoms with Gasteiger partial charge in [-0.2, -0.15) is 5.26 Å². The predicted octanol–water partition coefficient (Wildman–Crippen LogP) is 2.87. The molecular formula is C21H27N3O4S. The van der Waals surface area contributed by atoms with E-state index in [-0.39, 0.29) is 11.8 Å². The minimum absolute atomic E-state index is 0.00570. The second-order valence-electron chi connectivity index (χ2n) is 7.87. The standard InChI is InChI=1S/C21H27N3O4S/c1-15(18(25)23-21(14-22)9-3-2-4-10-21)28-20(27)16-7-11-24(12-8-16)19(26)17-6-5-13-29-17/h5-6,13,15-16H,2-4,7-12H2,1H3,(H,23,25)/t15-/m1/s1. The number of hydrogen-bond donors (Lipinski definition) is 1. The summed E-state index contributed by atoms with van der Waals surface area (Å²) in [4.78, 5) is 39.8. The summed E-state index contributed by atoms with van der Waals surface area (Å²) in [5, 5.41) is 14.2. The van der Waals surface area contributed by atoms with Gasteiger partial charge in [0.2, 0.25) is 0 Å². The minimum Gasteiger partial charge on any atom is -0.452 e. The predicted molar refractivity (Wildman–Crippen MR) is 108 cm³/mol. The van der Waals surface area contributed by atoms with E-state index >= 15 is 0 Å². The number of amides is 2. The number of nitriles is 1. The number of esters is 1. The third-order valence-electron chi connectivity index (χ3n) is 5.79. The maximum atomic E-state index is 12.5. The Balaban J connectivity index is 1.47. The van der Waals surface area contributed by atoms with Crippen LogP contribution in [0.5, 0.6) is 0 Å². The summed E-state index contributed by atoms with van der Waals surface area (Å²) >= 11 is 1.41. The molecule has 1 atom stereocenters. The lowest BCUT2D eigenvalue weighted by atomic mass is 9.82. The molecule has 1 saturated carbocycles. The third kappa shape index (κ3) is 5.15. The molecular weight excluding hydrogens is 390 g/mol. The van der Waals surface area contributed by atoms with Gasteiger partial charge < -0.3 is 15.0 Å². The van der Waals surface area contributed by atoms with Crippen molar-refractivity contribution in [2.45, 2.75) is 63.5 Å². The van der Waals surface area contributed by atoms with E-state index in [0.29, 0.717) is 43.6 Å². The lowest BCUT2D eigenvalue weighted by Gasteiger charge is -2.33. The van der Waals surface area contributed by atoms with Gasteiger partial charge in [-0.25, -0.2) is 0 Å². The first kappa shape index (κ1) is 21.3. The lowest BCUT2D eigenvalue weighted by Crippen LogP contribution is -2.52. The molecule has 0 unspecified atom stereocenters. The maximum absolute atomic E-state index is 12.5. The third-order valence-corrected chi connectivity index (χ3v) is 6.65. The topological polar surface area (TPSA) is 99.5 Å². The van der Waals surface area contributed by atoms with E-state index in [0.717, 1.165) is 19.3 Å². The Hall–Kier alpha value is -2.40. The average Bonchev–Trinajstić information content (AvgIpc) is 3.28. The molecule has 1 aromatic heterocycles. The number of rotatable bonds is 5. The van der Waals surface area contributed by atoms with E-state index in [1.165, 1.54) is 18.3 Å². The molecule has 8 heteroatoms. The van der Waals surface area contributed by atoms with Crippen LogP contribution in [0.25, 0.3) is 0 Å². The largest absolute Gasteiger partial charge is 0.452 e. The Kier molecular flexibility index (Phi) is 6.91. The molecule has 1 saturated heterocycles. The zero-order valence-electron chi connectivity index (χ0n) is 16.7. The highest BCUT2D eigenvalue weighted by atomic mass is 32.1. The monoisotopic (exact) mass is 417 g/mol. The summed E-state index contributed by atoms with van der Waals surface area (Å²) in [7, 11) is 0. The Morgan fingerprint density at radius 1 is 1.28 bits per heavy atom. The van der Waals surface area contributed by atoms with E-state index in [1.807, 2.05) is 11.4 Å². The quantitative estimate of drug-likeness (QED) is 0.743. The molecule has 1 aliphatic heterocycles. The van der Waals surface area contributed by atoms with Gasteiger partial charge in [-0.3, -0.25) is 14.4 Å². The first-order valence-corrected chi connectivity index (χ1v) is 11.1. The van der Waals surface area contributed by atoms with Crippen molar-refractivity contribution in [2.75, 3.05) is 13.1 Å². The van der Waals surface area contributed by atoms with E-state index < -0.39 is 23.5 Å². The fraction of sp³-hybridized carbons (Fsp3) is 0.619. The number of carbonyl (C=O) groups is 3. The van der Waals surface area contributed by atoms with Gasteiger partial charge in [0.15, 0.2) is 6.10 Å². The van der Waals surface area contributed by atoms with Crippen LogP contribution in [0, 0.1) is 17.2 Å². The zero-order valence-corrected chi connectivity index (χ0v) is 17.5. The van der Waals surface area contributed by atoms with Crippen molar-refractivity contribution >= 4 is 29.1 Å². The molecule has 2 heterocycles. The van der Waals surface area contributed by atoms with Crippen molar-refractivity contribution in [3.63, 3.8) is 0 Å². The normalized spacial score (nSPS) is 20.3.